The van der Waals surface area contributed by atoms with Gasteiger partial charge in [0.15, 0.2) is 0 Å². The van der Waals surface area contributed by atoms with Crippen LogP contribution in [0.3, 0.4) is 0 Å². The van der Waals surface area contributed by atoms with E-state index in [0.717, 1.165) is 49.4 Å². The van der Waals surface area contributed by atoms with E-state index in [9.17, 15) is 32.6 Å². The lowest BCUT2D eigenvalue weighted by molar-refractivity contribution is -0.140. The number of benzene rings is 3. The van der Waals surface area contributed by atoms with E-state index in [1.807, 2.05) is 30.3 Å². The number of methoxy groups -OCH3 is 1. The van der Waals surface area contributed by atoms with E-state index in [2.05, 4.69) is 10.6 Å². The average molecular weight is 825 g/mol. The molecular weight excluding hydrogens is 781 g/mol. The Morgan fingerprint density at radius 1 is 1.02 bits per heavy atom. The zero-order valence-corrected chi connectivity index (χ0v) is 33.2. The Labute approximate surface area is 333 Å². The molecule has 0 radical (unpaired) electrons. The second-order valence-corrected chi connectivity index (χ2v) is 17.8. The normalized spacial score (nSPS) is 20.4. The van der Waals surface area contributed by atoms with Crippen LogP contribution in [-0.2, 0) is 25.1 Å². The monoisotopic (exact) mass is 824 g/mol. The fraction of sp³-hybridized carbons (Fsp3) is 0.415. The van der Waals surface area contributed by atoms with Crippen LogP contribution >= 0.6 is 19.0 Å². The van der Waals surface area contributed by atoms with E-state index in [-0.39, 0.29) is 43.4 Å². The summed E-state index contributed by atoms with van der Waals surface area (Å²) in [4.78, 5) is 58.9. The maximum Gasteiger partial charge on any atom is 0.408 e. The molecule has 1 saturated heterocycles. The van der Waals surface area contributed by atoms with Gasteiger partial charge in [-0.1, -0.05) is 54.9 Å². The SMILES string of the molecule is CC[C@H](NC(=O)OC1CCCC1)C(=O)N1C[C@H](Oc2cc(-c3ccccc3)nc3c(Cl)c(OC)ccc23)C[C@H]1C(=O)NC1(P(=O)(O)Cc2c(F)cccc2F)CC1. The number of carbonyl (C=O) groups is 3. The van der Waals surface area contributed by atoms with Crippen molar-refractivity contribution in [2.75, 3.05) is 13.7 Å². The molecule has 302 valence electrons. The quantitative estimate of drug-likeness (QED) is 0.115. The molecule has 3 aromatic carbocycles. The third-order valence-electron chi connectivity index (χ3n) is 11.0. The fourth-order valence-electron chi connectivity index (χ4n) is 7.69. The minimum atomic E-state index is -4.45. The predicted octanol–water partition coefficient (Wildman–Crippen LogP) is 7.71. The van der Waals surface area contributed by atoms with Crippen molar-refractivity contribution < 1.29 is 46.8 Å². The highest BCUT2D eigenvalue weighted by Gasteiger charge is 2.59. The van der Waals surface area contributed by atoms with Crippen molar-refractivity contribution in [3.63, 3.8) is 0 Å². The number of fused-ring (bicyclic) bond motifs is 1. The number of likely N-dealkylation sites (tertiary alicyclic amines) is 1. The van der Waals surface area contributed by atoms with Gasteiger partial charge in [0.1, 0.15) is 57.7 Å². The number of hydrogen-bond acceptors (Lipinski definition) is 8. The van der Waals surface area contributed by atoms with Crippen molar-refractivity contribution >= 4 is 47.8 Å². The molecular formula is C41H44ClF2N4O8P. The van der Waals surface area contributed by atoms with Gasteiger partial charge in [0.25, 0.3) is 0 Å². The highest BCUT2D eigenvalue weighted by atomic mass is 35.5. The second kappa shape index (κ2) is 16.6. The molecule has 3 fully saturated rings. The topological polar surface area (TPSA) is 156 Å². The number of pyridine rings is 1. The highest BCUT2D eigenvalue weighted by Crippen LogP contribution is 2.67. The van der Waals surface area contributed by atoms with Crippen LogP contribution < -0.4 is 20.1 Å². The molecule has 0 spiro atoms. The Kier molecular flexibility index (Phi) is 11.8. The number of rotatable bonds is 13. The predicted molar refractivity (Wildman–Crippen MR) is 209 cm³/mol. The summed E-state index contributed by atoms with van der Waals surface area (Å²) >= 11 is 6.76. The lowest BCUT2D eigenvalue weighted by Crippen LogP contribution is -2.55. The Bertz CT molecular complexity index is 2200. The van der Waals surface area contributed by atoms with E-state index in [1.165, 1.54) is 12.0 Å². The van der Waals surface area contributed by atoms with Gasteiger partial charge in [0.05, 0.1) is 31.0 Å². The molecule has 57 heavy (non-hydrogen) atoms. The molecule has 4 atom stereocenters. The lowest BCUT2D eigenvalue weighted by Gasteiger charge is -2.30. The standard InChI is InChI=1S/C41H44ClF2N4O8P/c1-3-31(46-40(51)56-25-12-7-8-13-25)39(50)48-22-26(20-33(48)38(49)47-41(18-19-41)57(52,53)23-28-29(43)14-9-15-30(28)44)55-35-21-32(24-10-5-4-6-11-24)45-37-27(35)16-17-34(54-2)36(37)42/h4-6,9-11,14-17,21,25-26,31,33H,3,7-8,12-13,18-20,22-23H2,1-2H3,(H,46,51)(H,47,49)(H,52,53)/t26-,31+,33+/m1/s1. The number of aromatic nitrogens is 1. The van der Waals surface area contributed by atoms with Crippen LogP contribution in [0.5, 0.6) is 11.5 Å². The number of carbonyl (C=O) groups excluding carboxylic acids is 3. The van der Waals surface area contributed by atoms with Crippen LogP contribution in [0.4, 0.5) is 13.6 Å². The molecule has 0 bridgehead atoms. The van der Waals surface area contributed by atoms with Crippen molar-refractivity contribution in [2.24, 2.45) is 0 Å². The molecule has 1 aliphatic heterocycles. The third kappa shape index (κ3) is 8.44. The van der Waals surface area contributed by atoms with Gasteiger partial charge < -0.3 is 34.6 Å². The van der Waals surface area contributed by atoms with E-state index >= 15 is 0 Å². The number of nitrogens with zero attached hydrogens (tertiary/aromatic N) is 2. The molecule has 2 heterocycles. The maximum atomic E-state index is 14.6. The van der Waals surface area contributed by atoms with E-state index in [0.29, 0.717) is 28.1 Å². The van der Waals surface area contributed by atoms with Crippen molar-refractivity contribution in [3.8, 4) is 22.8 Å². The number of ether oxygens (including phenoxy) is 3. The number of amides is 3. The summed E-state index contributed by atoms with van der Waals surface area (Å²) in [5, 5.41) is 4.53. The molecule has 4 aromatic rings. The molecule has 3 N–H and O–H groups in total. The van der Waals surface area contributed by atoms with Crippen molar-refractivity contribution in [1.82, 2.24) is 20.5 Å². The first kappa shape index (κ1) is 40.4. The summed E-state index contributed by atoms with van der Waals surface area (Å²) in [7, 11) is -2.96. The summed E-state index contributed by atoms with van der Waals surface area (Å²) in [6.07, 6.45) is 1.07. The van der Waals surface area contributed by atoms with Gasteiger partial charge in [-0.15, -0.1) is 0 Å². The summed E-state index contributed by atoms with van der Waals surface area (Å²) in [6, 6.07) is 15.4. The van der Waals surface area contributed by atoms with E-state index in [1.54, 1.807) is 25.1 Å². The number of nitrogens with one attached hydrogen (secondary N) is 2. The minimum Gasteiger partial charge on any atom is -0.495 e. The molecule has 3 aliphatic rings. The third-order valence-corrected chi connectivity index (χ3v) is 14.0. The first-order chi connectivity index (χ1) is 27.3. The molecule has 1 unspecified atom stereocenters. The maximum absolute atomic E-state index is 14.6. The van der Waals surface area contributed by atoms with Gasteiger partial charge in [-0.2, -0.15) is 0 Å². The van der Waals surface area contributed by atoms with Crippen LogP contribution in [0.1, 0.15) is 63.9 Å². The first-order valence-corrected chi connectivity index (χ1v) is 21.3. The number of halogens is 3. The van der Waals surface area contributed by atoms with Gasteiger partial charge in [0.2, 0.25) is 19.2 Å². The van der Waals surface area contributed by atoms with Crippen LogP contribution in [-0.4, -0.2) is 75.9 Å². The number of hydrogen-bond donors (Lipinski definition) is 3. The van der Waals surface area contributed by atoms with Crippen LogP contribution in [0.2, 0.25) is 5.02 Å². The zero-order chi connectivity index (χ0) is 40.5. The van der Waals surface area contributed by atoms with Crippen LogP contribution in [0, 0.1) is 11.6 Å². The first-order valence-electron chi connectivity index (χ1n) is 19.1. The van der Waals surface area contributed by atoms with Gasteiger partial charge in [-0.3, -0.25) is 14.2 Å². The molecule has 3 amide bonds. The highest BCUT2D eigenvalue weighted by molar-refractivity contribution is 7.59. The smallest absolute Gasteiger partial charge is 0.408 e. The van der Waals surface area contributed by atoms with Gasteiger partial charge >= 0.3 is 6.09 Å². The van der Waals surface area contributed by atoms with Crippen molar-refractivity contribution in [2.45, 2.75) is 94.0 Å². The van der Waals surface area contributed by atoms with Gasteiger partial charge in [0, 0.05) is 29.0 Å². The fourth-order valence-corrected chi connectivity index (χ4v) is 10.1. The largest absolute Gasteiger partial charge is 0.495 e. The summed E-state index contributed by atoms with van der Waals surface area (Å²) in [6.45, 7) is 1.62. The Morgan fingerprint density at radius 3 is 2.37 bits per heavy atom. The van der Waals surface area contributed by atoms with Crippen LogP contribution in [0.15, 0.2) is 66.7 Å². The minimum absolute atomic E-state index is 0.0390. The summed E-state index contributed by atoms with van der Waals surface area (Å²) in [5.74, 6) is -2.48. The summed E-state index contributed by atoms with van der Waals surface area (Å²) in [5.41, 5.74) is 1.19. The molecule has 7 rings (SSSR count). The summed E-state index contributed by atoms with van der Waals surface area (Å²) < 4.78 is 60.6. The van der Waals surface area contributed by atoms with Gasteiger partial charge in [-0.05, 0) is 69.2 Å². The van der Waals surface area contributed by atoms with Gasteiger partial charge in [-0.25, -0.2) is 18.6 Å². The zero-order valence-electron chi connectivity index (χ0n) is 31.5. The molecule has 2 saturated carbocycles. The molecule has 1 aromatic heterocycles. The molecule has 2 aliphatic carbocycles. The average Bonchev–Trinajstić information content (AvgIpc) is 3.59. The Balaban J connectivity index is 1.19. The van der Waals surface area contributed by atoms with E-state index < -0.39 is 72.1 Å². The number of alkyl carbamates (subject to hydrolysis) is 1. The van der Waals surface area contributed by atoms with Crippen molar-refractivity contribution in [3.05, 3.63) is 89.0 Å². The Morgan fingerprint density at radius 2 is 1.72 bits per heavy atom. The van der Waals surface area contributed by atoms with Crippen molar-refractivity contribution in [1.29, 1.82) is 0 Å². The lowest BCUT2D eigenvalue weighted by atomic mass is 10.1. The molecule has 12 nitrogen and oxygen atoms in total. The second-order valence-electron chi connectivity index (χ2n) is 14.8. The van der Waals surface area contributed by atoms with E-state index in [4.69, 9.17) is 30.8 Å². The molecule has 16 heteroatoms. The Hall–Kier alpha value is -4.78. The van der Waals surface area contributed by atoms with Crippen LogP contribution in [0.25, 0.3) is 22.2 Å².